The van der Waals surface area contributed by atoms with Crippen LogP contribution in [0.15, 0.2) is 24.3 Å². The number of hydrogen-bond acceptors (Lipinski definition) is 3. The normalized spacial score (nSPS) is 12.8. The maximum atomic E-state index is 12.7. The monoisotopic (exact) mass is 367 g/mol. The second kappa shape index (κ2) is 8.27. The number of ether oxygens (including phenoxy) is 1. The number of aliphatic carboxylic acids is 1. The number of halogens is 3. The topological polar surface area (TPSA) is 75.6 Å². The van der Waals surface area contributed by atoms with Gasteiger partial charge in [-0.05, 0) is 32.4 Å². The molecule has 1 aromatic rings. The van der Waals surface area contributed by atoms with E-state index in [1.54, 1.807) is 20.8 Å². The molecule has 1 rings (SSSR count). The first-order valence-corrected chi connectivity index (χ1v) is 6.77. The van der Waals surface area contributed by atoms with Crippen molar-refractivity contribution in [3.63, 3.8) is 0 Å². The highest BCUT2D eigenvalue weighted by Crippen LogP contribution is 2.29. The van der Waals surface area contributed by atoms with E-state index in [2.05, 4.69) is 5.32 Å². The summed E-state index contributed by atoms with van der Waals surface area (Å²) in [5.74, 6) is -1.37. The standard InChI is InChI=1S/C15H18F3NO4.H2S/c1-14(2,3)23-13(22)19-11(12(20)21)8-9-5-4-6-10(7-9)15(16,17)18;/h4-7,11H,8H2,1-3H3,(H,19,22)(H,20,21);1H2. The summed E-state index contributed by atoms with van der Waals surface area (Å²) in [4.78, 5) is 22.8. The molecule has 136 valence electrons. The molecule has 2 N–H and O–H groups in total. The number of alkyl halides is 3. The molecule has 0 fully saturated rings. The summed E-state index contributed by atoms with van der Waals surface area (Å²) in [6.07, 6.45) is -5.76. The Labute approximate surface area is 144 Å². The lowest BCUT2D eigenvalue weighted by Gasteiger charge is -2.22. The van der Waals surface area contributed by atoms with E-state index in [1.807, 2.05) is 0 Å². The summed E-state index contributed by atoms with van der Waals surface area (Å²) in [7, 11) is 0. The summed E-state index contributed by atoms with van der Waals surface area (Å²) in [5.41, 5.74) is -1.55. The van der Waals surface area contributed by atoms with Crippen LogP contribution in [0.2, 0.25) is 0 Å². The van der Waals surface area contributed by atoms with E-state index in [0.29, 0.717) is 0 Å². The highest BCUT2D eigenvalue weighted by molar-refractivity contribution is 7.59. The zero-order valence-electron chi connectivity index (χ0n) is 13.4. The van der Waals surface area contributed by atoms with Gasteiger partial charge in [0.15, 0.2) is 0 Å². The Hall–Kier alpha value is -1.90. The Bertz CT molecular complexity index is 585. The third kappa shape index (κ3) is 7.58. The van der Waals surface area contributed by atoms with E-state index in [1.165, 1.54) is 12.1 Å². The van der Waals surface area contributed by atoms with Gasteiger partial charge in [-0.25, -0.2) is 9.59 Å². The van der Waals surface area contributed by atoms with E-state index in [0.717, 1.165) is 12.1 Å². The Morgan fingerprint density at radius 2 is 1.83 bits per heavy atom. The van der Waals surface area contributed by atoms with Gasteiger partial charge in [0.2, 0.25) is 0 Å². The van der Waals surface area contributed by atoms with Crippen molar-refractivity contribution in [1.82, 2.24) is 5.32 Å². The highest BCUT2D eigenvalue weighted by atomic mass is 32.1. The third-order valence-corrected chi connectivity index (χ3v) is 2.68. The Morgan fingerprint density at radius 3 is 2.29 bits per heavy atom. The number of amides is 1. The van der Waals surface area contributed by atoms with Crippen molar-refractivity contribution in [2.24, 2.45) is 0 Å². The molecule has 0 saturated heterocycles. The molecule has 0 spiro atoms. The highest BCUT2D eigenvalue weighted by Gasteiger charge is 2.31. The number of rotatable bonds is 4. The van der Waals surface area contributed by atoms with Gasteiger partial charge in [-0.15, -0.1) is 0 Å². The van der Waals surface area contributed by atoms with Crippen molar-refractivity contribution in [2.75, 3.05) is 0 Å². The lowest BCUT2D eigenvalue weighted by molar-refractivity contribution is -0.139. The minimum Gasteiger partial charge on any atom is -0.480 e. The number of carbonyl (C=O) groups excluding carboxylic acids is 1. The molecular formula is C15H20F3NO4S. The van der Waals surface area contributed by atoms with Crippen LogP contribution in [-0.4, -0.2) is 28.8 Å². The maximum absolute atomic E-state index is 12.7. The summed E-state index contributed by atoms with van der Waals surface area (Å²) in [6.45, 7) is 4.82. The molecule has 24 heavy (non-hydrogen) atoms. The van der Waals surface area contributed by atoms with Crippen LogP contribution < -0.4 is 5.32 Å². The zero-order valence-corrected chi connectivity index (χ0v) is 14.4. The van der Waals surface area contributed by atoms with Crippen molar-refractivity contribution in [2.45, 2.75) is 45.0 Å². The molecule has 1 unspecified atom stereocenters. The molecule has 1 aromatic carbocycles. The number of benzene rings is 1. The van der Waals surface area contributed by atoms with Gasteiger partial charge in [-0.3, -0.25) is 0 Å². The van der Waals surface area contributed by atoms with E-state index < -0.39 is 35.4 Å². The summed E-state index contributed by atoms with van der Waals surface area (Å²) in [5, 5.41) is 11.3. The smallest absolute Gasteiger partial charge is 0.416 e. The number of carboxylic acids is 1. The number of hydrogen-bond donors (Lipinski definition) is 2. The molecule has 1 atom stereocenters. The first-order valence-electron chi connectivity index (χ1n) is 6.77. The van der Waals surface area contributed by atoms with Gasteiger partial charge in [-0.1, -0.05) is 18.2 Å². The van der Waals surface area contributed by atoms with Crippen molar-refractivity contribution in [3.8, 4) is 0 Å². The van der Waals surface area contributed by atoms with Crippen molar-refractivity contribution in [1.29, 1.82) is 0 Å². The van der Waals surface area contributed by atoms with Crippen LogP contribution in [0.25, 0.3) is 0 Å². The second-order valence-electron chi connectivity index (χ2n) is 5.94. The van der Waals surface area contributed by atoms with Crippen LogP contribution in [0.4, 0.5) is 18.0 Å². The van der Waals surface area contributed by atoms with E-state index in [4.69, 9.17) is 9.84 Å². The van der Waals surface area contributed by atoms with E-state index in [-0.39, 0.29) is 25.5 Å². The average Bonchev–Trinajstić information content (AvgIpc) is 2.35. The first kappa shape index (κ1) is 22.1. The van der Waals surface area contributed by atoms with Gasteiger partial charge in [0.25, 0.3) is 0 Å². The van der Waals surface area contributed by atoms with Crippen molar-refractivity contribution >= 4 is 25.6 Å². The fourth-order valence-electron chi connectivity index (χ4n) is 1.76. The van der Waals surface area contributed by atoms with Gasteiger partial charge in [-0.2, -0.15) is 26.7 Å². The fraction of sp³-hybridized carbons (Fsp3) is 0.467. The zero-order chi connectivity index (χ0) is 17.8. The number of carbonyl (C=O) groups is 2. The first-order chi connectivity index (χ1) is 10.4. The Morgan fingerprint density at radius 1 is 1.25 bits per heavy atom. The molecular weight excluding hydrogens is 347 g/mol. The third-order valence-electron chi connectivity index (χ3n) is 2.68. The van der Waals surface area contributed by atoms with Crippen molar-refractivity contribution < 1.29 is 32.6 Å². The lowest BCUT2D eigenvalue weighted by Crippen LogP contribution is -2.44. The van der Waals surface area contributed by atoms with Crippen LogP contribution in [0.5, 0.6) is 0 Å². The maximum Gasteiger partial charge on any atom is 0.416 e. The minimum atomic E-state index is -4.52. The Balaban J connectivity index is 0.00000529. The summed E-state index contributed by atoms with van der Waals surface area (Å²) in [6, 6.07) is 2.90. The van der Waals surface area contributed by atoms with E-state index >= 15 is 0 Å². The number of carboxylic acid groups (broad SMARTS) is 1. The minimum absolute atomic E-state index is 0. The van der Waals surface area contributed by atoms with Gasteiger partial charge in [0.1, 0.15) is 11.6 Å². The van der Waals surface area contributed by atoms with Crippen LogP contribution >= 0.6 is 13.5 Å². The molecule has 0 aliphatic rings. The molecule has 0 aliphatic carbocycles. The molecule has 9 heteroatoms. The fourth-order valence-corrected chi connectivity index (χ4v) is 1.76. The number of alkyl carbamates (subject to hydrolysis) is 1. The molecule has 0 saturated carbocycles. The molecule has 0 aromatic heterocycles. The van der Waals surface area contributed by atoms with Crippen molar-refractivity contribution in [3.05, 3.63) is 35.4 Å². The van der Waals surface area contributed by atoms with Gasteiger partial charge in [0.05, 0.1) is 5.56 Å². The summed E-state index contributed by atoms with van der Waals surface area (Å²) >= 11 is 0. The van der Waals surface area contributed by atoms with Crippen LogP contribution in [-0.2, 0) is 22.1 Å². The van der Waals surface area contributed by atoms with Gasteiger partial charge in [0, 0.05) is 6.42 Å². The average molecular weight is 367 g/mol. The Kier molecular flexibility index (Phi) is 7.62. The number of nitrogens with one attached hydrogen (secondary N) is 1. The van der Waals surface area contributed by atoms with Gasteiger partial charge < -0.3 is 15.2 Å². The molecule has 0 bridgehead atoms. The predicted molar refractivity (Wildman–Crippen MR) is 86.3 cm³/mol. The second-order valence-corrected chi connectivity index (χ2v) is 5.94. The quantitative estimate of drug-likeness (QED) is 0.856. The summed E-state index contributed by atoms with van der Waals surface area (Å²) < 4.78 is 42.9. The lowest BCUT2D eigenvalue weighted by atomic mass is 10.0. The SMILES string of the molecule is CC(C)(C)OC(=O)NC(Cc1cccc(C(F)(F)F)c1)C(=O)O.S. The molecule has 0 radical (unpaired) electrons. The van der Waals surface area contributed by atoms with E-state index in [9.17, 15) is 22.8 Å². The van der Waals surface area contributed by atoms with Crippen LogP contribution in [0.1, 0.15) is 31.9 Å². The van der Waals surface area contributed by atoms with Crippen LogP contribution in [0, 0.1) is 0 Å². The predicted octanol–water partition coefficient (Wildman–Crippen LogP) is 3.34. The molecule has 5 nitrogen and oxygen atoms in total. The molecule has 0 heterocycles. The van der Waals surface area contributed by atoms with Crippen LogP contribution in [0.3, 0.4) is 0 Å². The molecule has 1 amide bonds. The van der Waals surface area contributed by atoms with Gasteiger partial charge >= 0.3 is 18.2 Å². The largest absolute Gasteiger partial charge is 0.480 e. The molecule has 0 aliphatic heterocycles.